The number of hydrogen-bond donors (Lipinski definition) is 0. The maximum atomic E-state index is 12.2. The normalized spacial score (nSPS) is 13.6. The average molecular weight is 369 g/mol. The van der Waals surface area contributed by atoms with Crippen molar-refractivity contribution in [3.05, 3.63) is 48.0 Å². The summed E-state index contributed by atoms with van der Waals surface area (Å²) in [7, 11) is -3.75. The van der Waals surface area contributed by atoms with Crippen molar-refractivity contribution in [1.82, 2.24) is 4.31 Å². The zero-order chi connectivity index (χ0) is 19.1. The Hall–Kier alpha value is -1.86. The molecule has 25 heavy (non-hydrogen) atoms. The molecule has 7 heteroatoms. The predicted octanol–water partition coefficient (Wildman–Crippen LogP) is 3.34. The van der Waals surface area contributed by atoms with Crippen molar-refractivity contribution in [2.75, 3.05) is 12.9 Å². The van der Waals surface area contributed by atoms with Crippen molar-refractivity contribution >= 4 is 16.1 Å². The van der Waals surface area contributed by atoms with Crippen LogP contribution in [0, 0.1) is 0 Å². The quantitative estimate of drug-likeness (QED) is 0.544. The zero-order valence-electron chi connectivity index (χ0n) is 15.4. The number of carbonyl (C=O) groups excluding carboxylic acids is 1. The molecule has 0 fully saturated rings. The molecule has 0 heterocycles. The summed E-state index contributed by atoms with van der Waals surface area (Å²) in [6.07, 6.45) is 3.39. The van der Waals surface area contributed by atoms with Gasteiger partial charge in [0, 0.05) is 0 Å². The maximum Gasteiger partial charge on any atom is 0.424 e. The average Bonchev–Trinajstić information content (AvgIpc) is 2.44. The Labute approximate surface area is 150 Å². The minimum absolute atomic E-state index is 0.311. The number of carbonyl (C=O) groups is 1. The van der Waals surface area contributed by atoms with Gasteiger partial charge in [-0.05, 0) is 33.3 Å². The summed E-state index contributed by atoms with van der Waals surface area (Å²) in [6, 6.07) is 9.04. The largest absolute Gasteiger partial charge is 0.443 e. The van der Waals surface area contributed by atoms with E-state index in [4.69, 9.17) is 9.47 Å². The summed E-state index contributed by atoms with van der Waals surface area (Å²) >= 11 is 0. The molecule has 0 radical (unpaired) electrons. The second-order valence-electron chi connectivity index (χ2n) is 6.71. The van der Waals surface area contributed by atoms with Crippen LogP contribution in [0.15, 0.2) is 42.5 Å². The lowest BCUT2D eigenvalue weighted by atomic mass is 10.2. The number of benzene rings is 1. The molecule has 0 aliphatic heterocycles. The monoisotopic (exact) mass is 369 g/mol. The van der Waals surface area contributed by atoms with E-state index in [1.807, 2.05) is 30.3 Å². The van der Waals surface area contributed by atoms with Crippen LogP contribution in [0.25, 0.3) is 0 Å². The Balaban J connectivity index is 2.63. The van der Waals surface area contributed by atoms with Crippen molar-refractivity contribution in [1.29, 1.82) is 0 Å². The van der Waals surface area contributed by atoms with E-state index in [-0.39, 0.29) is 0 Å². The standard InChI is InChI=1S/C18H27NO5S/c1-15(10-9-13-23-14-16-11-7-6-8-12-16)19(25(5,21)22)17(20)24-18(2,3)4/h6-12,15H,13-14H2,1-5H3. The van der Waals surface area contributed by atoms with Crippen LogP contribution in [0.3, 0.4) is 0 Å². The molecule has 1 aromatic rings. The van der Waals surface area contributed by atoms with Gasteiger partial charge in [0.1, 0.15) is 5.60 Å². The fourth-order valence-electron chi connectivity index (χ4n) is 2.06. The van der Waals surface area contributed by atoms with Gasteiger partial charge >= 0.3 is 6.09 Å². The first-order valence-corrected chi connectivity index (χ1v) is 9.86. The third kappa shape index (κ3) is 8.18. The molecule has 1 rings (SSSR count). The molecule has 1 unspecified atom stereocenters. The highest BCUT2D eigenvalue weighted by Crippen LogP contribution is 2.15. The van der Waals surface area contributed by atoms with E-state index in [9.17, 15) is 13.2 Å². The number of rotatable bonds is 7. The Kier molecular flexibility index (Phi) is 7.63. The SMILES string of the molecule is CC(C=CCOCc1ccccc1)N(C(=O)OC(C)(C)C)S(C)(=O)=O. The van der Waals surface area contributed by atoms with E-state index >= 15 is 0 Å². The fourth-order valence-corrected chi connectivity index (χ4v) is 3.04. The van der Waals surface area contributed by atoms with Crippen molar-refractivity contribution in [3.8, 4) is 0 Å². The van der Waals surface area contributed by atoms with E-state index in [0.29, 0.717) is 13.2 Å². The van der Waals surface area contributed by atoms with Gasteiger partial charge in [0.05, 0.1) is 25.5 Å². The highest BCUT2D eigenvalue weighted by molar-refractivity contribution is 7.88. The summed E-state index contributed by atoms with van der Waals surface area (Å²) in [6.45, 7) is 7.43. The van der Waals surface area contributed by atoms with Gasteiger partial charge in [0.25, 0.3) is 0 Å². The molecule has 0 N–H and O–H groups in total. The van der Waals surface area contributed by atoms with Gasteiger partial charge in [0.2, 0.25) is 10.0 Å². The topological polar surface area (TPSA) is 72.9 Å². The maximum absolute atomic E-state index is 12.2. The molecule has 0 aromatic heterocycles. The lowest BCUT2D eigenvalue weighted by Crippen LogP contribution is -2.44. The molecule has 0 aliphatic rings. The van der Waals surface area contributed by atoms with Crippen molar-refractivity contribution in [2.24, 2.45) is 0 Å². The highest BCUT2D eigenvalue weighted by atomic mass is 32.2. The number of hydrogen-bond acceptors (Lipinski definition) is 5. The summed E-state index contributed by atoms with van der Waals surface area (Å²) in [5.41, 5.74) is 0.276. The van der Waals surface area contributed by atoms with Crippen LogP contribution in [-0.2, 0) is 26.1 Å². The smallest absolute Gasteiger partial charge is 0.424 e. The Bertz CT molecular complexity index is 677. The highest BCUT2D eigenvalue weighted by Gasteiger charge is 2.31. The Morgan fingerprint density at radius 1 is 1.24 bits per heavy atom. The van der Waals surface area contributed by atoms with E-state index in [2.05, 4.69) is 0 Å². The molecule has 0 spiro atoms. The third-order valence-electron chi connectivity index (χ3n) is 3.04. The zero-order valence-corrected chi connectivity index (χ0v) is 16.2. The molecule has 1 atom stereocenters. The van der Waals surface area contributed by atoms with Gasteiger partial charge in [-0.25, -0.2) is 13.2 Å². The van der Waals surface area contributed by atoms with Crippen molar-refractivity contribution < 1.29 is 22.7 Å². The van der Waals surface area contributed by atoms with Gasteiger partial charge in [-0.3, -0.25) is 0 Å². The predicted molar refractivity (Wildman–Crippen MR) is 97.6 cm³/mol. The minimum Gasteiger partial charge on any atom is -0.443 e. The van der Waals surface area contributed by atoms with Gasteiger partial charge in [-0.2, -0.15) is 4.31 Å². The number of amides is 1. The first-order chi connectivity index (χ1) is 11.5. The molecule has 0 bridgehead atoms. The third-order valence-corrected chi connectivity index (χ3v) is 4.24. The first kappa shape index (κ1) is 21.2. The summed E-state index contributed by atoms with van der Waals surface area (Å²) in [4.78, 5) is 12.2. The van der Waals surface area contributed by atoms with Crippen LogP contribution >= 0.6 is 0 Å². The molecule has 0 aliphatic carbocycles. The second kappa shape index (κ2) is 9.01. The Morgan fingerprint density at radius 2 is 1.84 bits per heavy atom. The molecular weight excluding hydrogens is 342 g/mol. The molecule has 0 saturated carbocycles. The van der Waals surface area contributed by atoms with Gasteiger partial charge in [-0.15, -0.1) is 0 Å². The van der Waals surface area contributed by atoms with Crippen molar-refractivity contribution in [2.45, 2.75) is 45.9 Å². The van der Waals surface area contributed by atoms with E-state index in [1.54, 1.807) is 39.8 Å². The minimum atomic E-state index is -3.75. The van der Waals surface area contributed by atoms with E-state index in [0.717, 1.165) is 16.1 Å². The number of sulfonamides is 1. The lowest BCUT2D eigenvalue weighted by molar-refractivity contribution is 0.0369. The van der Waals surface area contributed by atoms with Crippen LogP contribution in [0.5, 0.6) is 0 Å². The molecule has 140 valence electrons. The van der Waals surface area contributed by atoms with Crippen LogP contribution in [0.2, 0.25) is 0 Å². The van der Waals surface area contributed by atoms with Crippen molar-refractivity contribution in [3.63, 3.8) is 0 Å². The van der Waals surface area contributed by atoms with Crippen LogP contribution in [-0.4, -0.2) is 43.3 Å². The number of nitrogens with zero attached hydrogens (tertiary/aromatic N) is 1. The molecule has 1 amide bonds. The molecule has 1 aromatic carbocycles. The van der Waals surface area contributed by atoms with Gasteiger partial charge in [-0.1, -0.05) is 42.5 Å². The van der Waals surface area contributed by atoms with E-state index < -0.39 is 27.8 Å². The molecule has 6 nitrogen and oxygen atoms in total. The second-order valence-corrected chi connectivity index (χ2v) is 8.57. The first-order valence-electron chi connectivity index (χ1n) is 8.01. The van der Waals surface area contributed by atoms with Crippen LogP contribution in [0.1, 0.15) is 33.3 Å². The number of ether oxygens (including phenoxy) is 2. The van der Waals surface area contributed by atoms with E-state index in [1.165, 1.54) is 0 Å². The fraction of sp³-hybridized carbons (Fsp3) is 0.500. The van der Waals surface area contributed by atoms with Gasteiger partial charge < -0.3 is 9.47 Å². The Morgan fingerprint density at radius 3 is 2.36 bits per heavy atom. The lowest BCUT2D eigenvalue weighted by Gasteiger charge is -2.28. The van der Waals surface area contributed by atoms with Crippen LogP contribution in [0.4, 0.5) is 4.79 Å². The van der Waals surface area contributed by atoms with Crippen LogP contribution < -0.4 is 0 Å². The summed E-state index contributed by atoms with van der Waals surface area (Å²) in [5, 5.41) is 0. The van der Waals surface area contributed by atoms with Gasteiger partial charge in [0.15, 0.2) is 0 Å². The molecular formula is C18H27NO5S. The summed E-state index contributed by atoms with van der Waals surface area (Å²) in [5.74, 6) is 0. The summed E-state index contributed by atoms with van der Waals surface area (Å²) < 4.78 is 35.3. The molecule has 0 saturated heterocycles.